The fraction of sp³-hybridized carbons (Fsp3) is 0.104. The molecule has 3 aliphatic carbocycles. The first-order valence-corrected chi connectivity index (χ1v) is 35.9. The van der Waals surface area contributed by atoms with Gasteiger partial charge in [-0.25, -0.2) is 0 Å². The Hall–Kier alpha value is -13.6. The van der Waals surface area contributed by atoms with Crippen molar-refractivity contribution in [2.24, 2.45) is 0 Å². The van der Waals surface area contributed by atoms with E-state index in [9.17, 15) is 0 Å². The van der Waals surface area contributed by atoms with Crippen LogP contribution in [0.3, 0.4) is 0 Å². The lowest BCUT2D eigenvalue weighted by Crippen LogP contribution is -2.30. The van der Waals surface area contributed by atoms with Crippen molar-refractivity contribution in [3.8, 4) is 57.1 Å². The Kier molecular flexibility index (Phi) is 17.6. The molecular formula is C96H78N4O8. The molecule has 0 heterocycles. The number of rotatable bonds is 22. The second kappa shape index (κ2) is 28.1. The Morgan fingerprint density at radius 2 is 0.352 bits per heavy atom. The van der Waals surface area contributed by atoms with Crippen LogP contribution in [0.2, 0.25) is 0 Å². The van der Waals surface area contributed by atoms with E-state index in [4.69, 9.17) is 37.9 Å². The second-order valence-corrected chi connectivity index (χ2v) is 26.8. The van der Waals surface area contributed by atoms with Crippen LogP contribution < -0.4 is 57.5 Å². The third kappa shape index (κ3) is 11.2. The molecule has 3 aliphatic rings. The molecular weight excluding hydrogens is 1340 g/mol. The Bertz CT molecular complexity index is 5260. The minimum absolute atomic E-state index is 0.750. The van der Waals surface area contributed by atoms with Gasteiger partial charge in [0.2, 0.25) is 0 Å². The highest BCUT2D eigenvalue weighted by molar-refractivity contribution is 6.18. The van der Waals surface area contributed by atoms with Crippen molar-refractivity contribution in [2.45, 2.75) is 10.8 Å². The Morgan fingerprint density at radius 1 is 0.176 bits per heavy atom. The number of ether oxygens (including phenoxy) is 8. The standard InChI is InChI=1S/C96H78N4O8/c1-101-77-39-19-65(20-40-77)97(66-21-41-78(102-2)42-22-66)73-35-55-85-86-56-36-74(98(67-23-43-79(103-3)44-24-67)68-25-45-80(104-4)46-26-68)60-90(86)96(89(85)59-73)92-62-76(100(71-31-51-83(107-7)52-32-71)72-33-53-84(108-8)54-34-72)38-58-88(92)93-94(96)87-57-37-75(61-91(87)95(93,63-15-11-9-12-16-63)64-17-13-10-14-18-64)99(69-27-47-81(105-5)48-28-69)70-29-49-82(106-6)50-30-70/h9-62H,1-8H3. The van der Waals surface area contributed by atoms with Crippen LogP contribution in [0.4, 0.5) is 68.2 Å². The summed E-state index contributed by atoms with van der Waals surface area (Å²) >= 11 is 0. The highest BCUT2D eigenvalue weighted by atomic mass is 16.5. The molecule has 0 saturated carbocycles. The van der Waals surface area contributed by atoms with E-state index in [1.807, 2.05) is 97.1 Å². The first-order chi connectivity index (χ1) is 53.1. The monoisotopic (exact) mass is 1410 g/mol. The molecule has 14 aromatic rings. The second-order valence-electron chi connectivity index (χ2n) is 26.8. The van der Waals surface area contributed by atoms with Gasteiger partial charge in [-0.05, 0) is 309 Å². The summed E-state index contributed by atoms with van der Waals surface area (Å²) in [7, 11) is 13.7. The number of fused-ring (bicyclic) bond motifs is 11. The third-order valence-electron chi connectivity index (χ3n) is 21.5. The van der Waals surface area contributed by atoms with Crippen LogP contribution in [0.5, 0.6) is 46.0 Å². The molecule has 0 aromatic heterocycles. The smallest absolute Gasteiger partial charge is 0.119 e. The molecule has 17 rings (SSSR count). The average Bonchev–Trinajstić information content (AvgIpc) is 1.47. The minimum Gasteiger partial charge on any atom is -0.497 e. The van der Waals surface area contributed by atoms with Gasteiger partial charge in [0.15, 0.2) is 0 Å². The lowest BCUT2D eigenvalue weighted by atomic mass is 9.64. The number of hydrogen-bond acceptors (Lipinski definition) is 12. The summed E-state index contributed by atoms with van der Waals surface area (Å²) in [5.74, 6) is 6.02. The fourth-order valence-corrected chi connectivity index (χ4v) is 16.6. The summed E-state index contributed by atoms with van der Waals surface area (Å²) in [6.45, 7) is 0. The summed E-state index contributed by atoms with van der Waals surface area (Å²) in [6, 6.07) is 117. The van der Waals surface area contributed by atoms with Crippen LogP contribution >= 0.6 is 0 Å². The molecule has 0 atom stereocenters. The van der Waals surface area contributed by atoms with Crippen molar-refractivity contribution in [3.05, 3.63) is 372 Å². The quantitative estimate of drug-likeness (QED) is 0.0648. The highest BCUT2D eigenvalue weighted by Crippen LogP contribution is 2.74. The van der Waals surface area contributed by atoms with Gasteiger partial charge >= 0.3 is 0 Å². The maximum Gasteiger partial charge on any atom is 0.119 e. The highest BCUT2D eigenvalue weighted by Gasteiger charge is 2.62. The third-order valence-corrected chi connectivity index (χ3v) is 21.5. The SMILES string of the molecule is COc1ccc(N(c2ccc(OC)cc2)c2ccc3c(c2)C(c2ccccc2)(c2ccccc2)C2=C3C3(c4cc(N(c5ccc(OC)cc5)c5ccc(OC)cc5)ccc42)c2cc(N(c4ccc(OC)cc4)c4ccc(OC)cc4)ccc2-c2ccc(N(c4ccc(OC)cc4)c4ccc(OC)cc4)cc23)cc1. The van der Waals surface area contributed by atoms with E-state index < -0.39 is 10.8 Å². The van der Waals surface area contributed by atoms with Gasteiger partial charge in [0, 0.05) is 68.2 Å². The molecule has 0 bridgehead atoms. The molecule has 0 saturated heterocycles. The molecule has 0 radical (unpaired) electrons. The minimum atomic E-state index is -1.13. The van der Waals surface area contributed by atoms with Gasteiger partial charge in [0.1, 0.15) is 46.0 Å². The molecule has 0 fully saturated rings. The van der Waals surface area contributed by atoms with Gasteiger partial charge in [-0.1, -0.05) is 84.9 Å². The van der Waals surface area contributed by atoms with Gasteiger partial charge in [0.25, 0.3) is 0 Å². The lowest BCUT2D eigenvalue weighted by molar-refractivity contribution is 0.414. The van der Waals surface area contributed by atoms with Crippen LogP contribution in [-0.4, -0.2) is 56.9 Å². The predicted molar refractivity (Wildman–Crippen MR) is 435 cm³/mol. The summed E-state index contributed by atoms with van der Waals surface area (Å²) in [5.41, 5.74) is 22.6. The van der Waals surface area contributed by atoms with E-state index in [1.165, 1.54) is 11.1 Å². The molecule has 0 amide bonds. The van der Waals surface area contributed by atoms with Crippen molar-refractivity contribution in [1.29, 1.82) is 0 Å². The first kappa shape index (κ1) is 67.6. The molecule has 0 N–H and O–H groups in total. The molecule has 530 valence electrons. The van der Waals surface area contributed by atoms with Gasteiger partial charge in [-0.2, -0.15) is 0 Å². The van der Waals surface area contributed by atoms with E-state index in [0.717, 1.165) is 170 Å². The predicted octanol–water partition coefficient (Wildman–Crippen LogP) is 23.2. The summed E-state index contributed by atoms with van der Waals surface area (Å²) in [4.78, 5) is 9.36. The number of hydrogen-bond donors (Lipinski definition) is 0. The number of anilines is 12. The normalized spacial score (nSPS) is 12.9. The first-order valence-electron chi connectivity index (χ1n) is 35.9. The van der Waals surface area contributed by atoms with E-state index in [0.29, 0.717) is 0 Å². The average molecular weight is 1420 g/mol. The summed E-state index contributed by atoms with van der Waals surface area (Å²) in [6.07, 6.45) is 0. The van der Waals surface area contributed by atoms with E-state index in [1.54, 1.807) is 56.9 Å². The largest absolute Gasteiger partial charge is 0.497 e. The molecule has 12 nitrogen and oxygen atoms in total. The summed E-state index contributed by atoms with van der Waals surface area (Å²) in [5, 5.41) is 0. The van der Waals surface area contributed by atoms with Crippen molar-refractivity contribution < 1.29 is 37.9 Å². The number of allylic oxidation sites excluding steroid dienone is 2. The van der Waals surface area contributed by atoms with Crippen LogP contribution in [0.25, 0.3) is 22.3 Å². The van der Waals surface area contributed by atoms with Crippen molar-refractivity contribution in [2.75, 3.05) is 76.5 Å². The molecule has 14 aromatic carbocycles. The molecule has 12 heteroatoms. The van der Waals surface area contributed by atoms with Gasteiger partial charge in [0.05, 0.1) is 67.7 Å². The zero-order chi connectivity index (χ0) is 73.6. The molecule has 0 unspecified atom stereocenters. The van der Waals surface area contributed by atoms with Crippen molar-refractivity contribution >= 4 is 79.4 Å². The maximum absolute atomic E-state index is 5.85. The van der Waals surface area contributed by atoms with E-state index in [2.05, 4.69) is 250 Å². The fourth-order valence-electron chi connectivity index (χ4n) is 16.6. The van der Waals surface area contributed by atoms with E-state index >= 15 is 0 Å². The lowest BCUT2D eigenvalue weighted by Gasteiger charge is -2.38. The van der Waals surface area contributed by atoms with Gasteiger partial charge in [-0.15, -0.1) is 0 Å². The van der Waals surface area contributed by atoms with Gasteiger partial charge < -0.3 is 57.5 Å². The Balaban J connectivity index is 1.04. The number of nitrogens with zero attached hydrogens (tertiary/aromatic N) is 4. The maximum atomic E-state index is 5.85. The number of benzene rings is 14. The van der Waals surface area contributed by atoms with Crippen LogP contribution in [0, 0.1) is 0 Å². The Labute approximate surface area is 630 Å². The van der Waals surface area contributed by atoms with Crippen molar-refractivity contribution in [3.63, 3.8) is 0 Å². The van der Waals surface area contributed by atoms with Crippen LogP contribution in [0.15, 0.2) is 328 Å². The van der Waals surface area contributed by atoms with Gasteiger partial charge in [-0.3, -0.25) is 0 Å². The van der Waals surface area contributed by atoms with Crippen molar-refractivity contribution in [1.82, 2.24) is 0 Å². The Morgan fingerprint density at radius 3 is 0.565 bits per heavy atom. The number of methoxy groups -OCH3 is 8. The molecule has 1 spiro atoms. The van der Waals surface area contributed by atoms with Crippen LogP contribution in [0.1, 0.15) is 44.5 Å². The topological polar surface area (TPSA) is 86.8 Å². The molecule has 108 heavy (non-hydrogen) atoms. The summed E-state index contributed by atoms with van der Waals surface area (Å²) < 4.78 is 46.7. The zero-order valence-corrected chi connectivity index (χ0v) is 61.2. The zero-order valence-electron chi connectivity index (χ0n) is 61.2. The van der Waals surface area contributed by atoms with E-state index in [-0.39, 0.29) is 0 Å². The molecule has 0 aliphatic heterocycles. The van der Waals surface area contributed by atoms with Crippen LogP contribution in [-0.2, 0) is 10.8 Å².